The summed E-state index contributed by atoms with van der Waals surface area (Å²) >= 11 is 5.93. The van der Waals surface area contributed by atoms with Crippen LogP contribution in [0.15, 0.2) is 6.20 Å². The number of aromatic nitrogens is 2. The smallest absolute Gasteiger partial charge is 0.318 e. The number of rotatable bonds is 4. The third-order valence-corrected chi connectivity index (χ3v) is 4.90. The molecule has 0 amide bonds. The first-order valence-electron chi connectivity index (χ1n) is 5.51. The highest BCUT2D eigenvalue weighted by atomic mass is 35.5. The van der Waals surface area contributed by atoms with Gasteiger partial charge >= 0.3 is 6.01 Å². The molecule has 1 saturated heterocycles. The highest BCUT2D eigenvalue weighted by Gasteiger charge is 2.27. The van der Waals surface area contributed by atoms with Gasteiger partial charge in [0.1, 0.15) is 5.02 Å². The Morgan fingerprint density at radius 2 is 2.39 bits per heavy atom. The average Bonchev–Trinajstić information content (AvgIpc) is 2.68. The van der Waals surface area contributed by atoms with Crippen molar-refractivity contribution in [3.63, 3.8) is 0 Å². The number of nitrogens with one attached hydrogen (secondary N) is 1. The third kappa shape index (κ3) is 3.23. The average molecular weight is 292 g/mol. The Kier molecular flexibility index (Phi) is 3.91. The largest absolute Gasteiger partial charge is 0.467 e. The number of halogens is 1. The lowest BCUT2D eigenvalue weighted by Crippen LogP contribution is -2.16. The Labute approximate surface area is 111 Å². The summed E-state index contributed by atoms with van der Waals surface area (Å²) in [5.41, 5.74) is 0. The number of anilines is 1. The molecule has 1 aromatic heterocycles. The Balaban J connectivity index is 1.98. The molecule has 2 heterocycles. The van der Waals surface area contributed by atoms with E-state index in [1.165, 1.54) is 13.3 Å². The molecule has 18 heavy (non-hydrogen) atoms. The fourth-order valence-corrected chi connectivity index (χ4v) is 3.87. The summed E-state index contributed by atoms with van der Waals surface area (Å²) in [6.45, 7) is 0.527. The van der Waals surface area contributed by atoms with Crippen LogP contribution < -0.4 is 10.1 Å². The Morgan fingerprint density at radius 3 is 3.00 bits per heavy atom. The summed E-state index contributed by atoms with van der Waals surface area (Å²) < 4.78 is 27.5. The molecule has 1 unspecified atom stereocenters. The molecular weight excluding hydrogens is 278 g/mol. The molecule has 0 aliphatic carbocycles. The van der Waals surface area contributed by atoms with Crippen molar-refractivity contribution in [2.75, 3.05) is 30.5 Å². The SMILES string of the molecule is COc1ncc(Cl)c(NCC2CCS(=O)(=O)C2)n1. The van der Waals surface area contributed by atoms with Crippen molar-refractivity contribution in [1.82, 2.24) is 9.97 Å². The molecule has 1 aliphatic rings. The van der Waals surface area contributed by atoms with Crippen molar-refractivity contribution >= 4 is 27.3 Å². The van der Waals surface area contributed by atoms with Gasteiger partial charge in [0.15, 0.2) is 15.7 Å². The maximum absolute atomic E-state index is 11.3. The first-order chi connectivity index (χ1) is 8.50. The van der Waals surface area contributed by atoms with Crippen molar-refractivity contribution in [3.05, 3.63) is 11.2 Å². The number of ether oxygens (including phenoxy) is 1. The highest BCUT2D eigenvalue weighted by Crippen LogP contribution is 2.23. The molecule has 1 atom stereocenters. The quantitative estimate of drug-likeness (QED) is 0.891. The van der Waals surface area contributed by atoms with Gasteiger partial charge in [0.25, 0.3) is 0 Å². The summed E-state index contributed by atoms with van der Waals surface area (Å²) in [4.78, 5) is 7.92. The van der Waals surface area contributed by atoms with E-state index < -0.39 is 9.84 Å². The molecule has 1 aromatic rings. The topological polar surface area (TPSA) is 81.2 Å². The van der Waals surface area contributed by atoms with Crippen LogP contribution in [0.4, 0.5) is 5.82 Å². The van der Waals surface area contributed by atoms with Crippen LogP contribution in [0, 0.1) is 5.92 Å². The second-order valence-electron chi connectivity index (χ2n) is 4.20. The van der Waals surface area contributed by atoms with Crippen LogP contribution in [-0.4, -0.2) is 43.5 Å². The zero-order valence-corrected chi connectivity index (χ0v) is 11.5. The lowest BCUT2D eigenvalue weighted by Gasteiger charge is -2.11. The van der Waals surface area contributed by atoms with Crippen molar-refractivity contribution in [1.29, 1.82) is 0 Å². The van der Waals surface area contributed by atoms with Crippen molar-refractivity contribution < 1.29 is 13.2 Å². The molecule has 6 nitrogen and oxygen atoms in total. The molecule has 8 heteroatoms. The minimum Gasteiger partial charge on any atom is -0.467 e. The summed E-state index contributed by atoms with van der Waals surface area (Å²) in [5.74, 6) is 1.06. The third-order valence-electron chi connectivity index (χ3n) is 2.79. The highest BCUT2D eigenvalue weighted by molar-refractivity contribution is 7.91. The van der Waals surface area contributed by atoms with Crippen LogP contribution in [0.3, 0.4) is 0 Å². The molecule has 100 valence electrons. The van der Waals surface area contributed by atoms with Crippen LogP contribution in [0.1, 0.15) is 6.42 Å². The molecule has 0 saturated carbocycles. The molecular formula is C10H14ClN3O3S. The van der Waals surface area contributed by atoms with Gasteiger partial charge in [-0.3, -0.25) is 0 Å². The number of hydrogen-bond acceptors (Lipinski definition) is 6. The van der Waals surface area contributed by atoms with Crippen LogP contribution in [0.5, 0.6) is 6.01 Å². The second-order valence-corrected chi connectivity index (χ2v) is 6.84. The number of methoxy groups -OCH3 is 1. The van der Waals surface area contributed by atoms with Gasteiger partial charge in [-0.1, -0.05) is 11.6 Å². The molecule has 1 N–H and O–H groups in total. The van der Waals surface area contributed by atoms with Gasteiger partial charge in [0.05, 0.1) is 24.8 Å². The fraction of sp³-hybridized carbons (Fsp3) is 0.600. The molecule has 0 bridgehead atoms. The van der Waals surface area contributed by atoms with E-state index in [9.17, 15) is 8.42 Å². The normalized spacial score (nSPS) is 21.8. The van der Waals surface area contributed by atoms with E-state index in [0.717, 1.165) is 0 Å². The lowest BCUT2D eigenvalue weighted by atomic mass is 10.1. The van der Waals surface area contributed by atoms with Gasteiger partial charge in [-0.05, 0) is 12.3 Å². The van der Waals surface area contributed by atoms with Crippen molar-refractivity contribution in [2.45, 2.75) is 6.42 Å². The molecule has 0 radical (unpaired) electrons. The first kappa shape index (κ1) is 13.4. The fourth-order valence-electron chi connectivity index (χ4n) is 1.85. The second kappa shape index (κ2) is 5.27. The Morgan fingerprint density at radius 1 is 1.61 bits per heavy atom. The lowest BCUT2D eigenvalue weighted by molar-refractivity contribution is 0.380. The standard InChI is InChI=1S/C10H14ClN3O3S/c1-17-10-13-5-8(11)9(14-10)12-4-7-2-3-18(15,16)6-7/h5,7H,2-4,6H2,1H3,(H,12,13,14). The van der Waals surface area contributed by atoms with Crippen LogP contribution >= 0.6 is 11.6 Å². The summed E-state index contributed by atoms with van der Waals surface area (Å²) in [6, 6.07) is 0.223. The van der Waals surface area contributed by atoms with Gasteiger partial charge in [-0.2, -0.15) is 4.98 Å². The minimum absolute atomic E-state index is 0.104. The summed E-state index contributed by atoms with van der Waals surface area (Å²) in [6.07, 6.45) is 2.12. The van der Waals surface area contributed by atoms with Gasteiger partial charge < -0.3 is 10.1 Å². The number of sulfone groups is 1. The van der Waals surface area contributed by atoms with Gasteiger partial charge in [0, 0.05) is 6.54 Å². The van der Waals surface area contributed by atoms with E-state index >= 15 is 0 Å². The number of hydrogen-bond donors (Lipinski definition) is 1. The van der Waals surface area contributed by atoms with Crippen LogP contribution in [0.25, 0.3) is 0 Å². The van der Waals surface area contributed by atoms with Gasteiger partial charge in [-0.25, -0.2) is 13.4 Å². The summed E-state index contributed by atoms with van der Waals surface area (Å²) in [5, 5.41) is 3.43. The van der Waals surface area contributed by atoms with E-state index in [1.54, 1.807) is 0 Å². The number of nitrogens with zero attached hydrogens (tertiary/aromatic N) is 2. The van der Waals surface area contributed by atoms with Crippen LogP contribution in [0.2, 0.25) is 5.02 Å². The predicted octanol–water partition coefficient (Wildman–Crippen LogP) is 0.985. The van der Waals surface area contributed by atoms with Crippen molar-refractivity contribution in [2.24, 2.45) is 5.92 Å². The molecule has 2 rings (SSSR count). The van der Waals surface area contributed by atoms with E-state index in [4.69, 9.17) is 16.3 Å². The van der Waals surface area contributed by atoms with Crippen molar-refractivity contribution in [3.8, 4) is 6.01 Å². The summed E-state index contributed by atoms with van der Waals surface area (Å²) in [7, 11) is -1.38. The minimum atomic E-state index is -2.85. The van der Waals surface area contributed by atoms with E-state index in [1.807, 2.05) is 0 Å². The molecule has 1 aliphatic heterocycles. The molecule has 1 fully saturated rings. The predicted molar refractivity (Wildman–Crippen MR) is 68.8 cm³/mol. The monoisotopic (exact) mass is 291 g/mol. The Hall–Kier alpha value is -1.08. The molecule has 0 spiro atoms. The van der Waals surface area contributed by atoms with E-state index in [-0.39, 0.29) is 23.4 Å². The van der Waals surface area contributed by atoms with Gasteiger partial charge in [-0.15, -0.1) is 0 Å². The van der Waals surface area contributed by atoms with E-state index in [2.05, 4.69) is 15.3 Å². The van der Waals surface area contributed by atoms with Crippen LogP contribution in [-0.2, 0) is 9.84 Å². The maximum Gasteiger partial charge on any atom is 0.318 e. The Bertz CT molecular complexity index is 535. The van der Waals surface area contributed by atoms with E-state index in [0.29, 0.717) is 23.8 Å². The zero-order chi connectivity index (χ0) is 13.2. The van der Waals surface area contributed by atoms with Gasteiger partial charge in [0.2, 0.25) is 0 Å². The first-order valence-corrected chi connectivity index (χ1v) is 7.71. The zero-order valence-electron chi connectivity index (χ0n) is 9.89. The molecule has 0 aromatic carbocycles. The maximum atomic E-state index is 11.3.